The molecule has 1 aromatic heterocycles. The molecule has 1 aliphatic heterocycles. The fraction of sp³-hybridized carbons (Fsp3) is 0.389. The largest absolute Gasteiger partial charge is 0.370 e. The van der Waals surface area contributed by atoms with E-state index < -0.39 is 23.1 Å². The number of anilines is 2. The zero-order valence-electron chi connectivity index (χ0n) is 14.8. The van der Waals surface area contributed by atoms with Crippen molar-refractivity contribution < 1.29 is 13.6 Å². The van der Waals surface area contributed by atoms with E-state index in [0.717, 1.165) is 30.2 Å². The van der Waals surface area contributed by atoms with Crippen LogP contribution in [0.5, 0.6) is 0 Å². The molecule has 2 heterocycles. The van der Waals surface area contributed by atoms with Gasteiger partial charge in [-0.05, 0) is 26.0 Å². The Labute approximate surface area is 150 Å². The Hall–Kier alpha value is -2.77. The third-order valence-corrected chi connectivity index (χ3v) is 4.23. The first kappa shape index (κ1) is 18.0. The van der Waals surface area contributed by atoms with E-state index in [1.807, 2.05) is 24.8 Å². The molecular formula is C18H21F2N5O. The number of hydrogen-bond acceptors (Lipinski definition) is 5. The van der Waals surface area contributed by atoms with Gasteiger partial charge in [-0.25, -0.2) is 13.8 Å². The van der Waals surface area contributed by atoms with Gasteiger partial charge in [0.25, 0.3) is 5.91 Å². The normalized spacial score (nSPS) is 14.5. The summed E-state index contributed by atoms with van der Waals surface area (Å²) in [5.41, 5.74) is 0.347. The lowest BCUT2D eigenvalue weighted by molar-refractivity contribution is 0.0736. The molecule has 26 heavy (non-hydrogen) atoms. The van der Waals surface area contributed by atoms with Gasteiger partial charge in [0.15, 0.2) is 0 Å². The van der Waals surface area contributed by atoms with Crippen molar-refractivity contribution in [1.29, 1.82) is 0 Å². The Morgan fingerprint density at radius 3 is 2.42 bits per heavy atom. The van der Waals surface area contributed by atoms with Crippen molar-refractivity contribution in [3.63, 3.8) is 0 Å². The van der Waals surface area contributed by atoms with Crippen LogP contribution in [0.4, 0.5) is 20.5 Å². The summed E-state index contributed by atoms with van der Waals surface area (Å²) in [4.78, 5) is 24.8. The highest BCUT2D eigenvalue weighted by Crippen LogP contribution is 2.19. The van der Waals surface area contributed by atoms with Gasteiger partial charge in [0.2, 0.25) is 5.95 Å². The highest BCUT2D eigenvalue weighted by molar-refractivity contribution is 5.95. The van der Waals surface area contributed by atoms with Crippen molar-refractivity contribution in [2.45, 2.75) is 13.8 Å². The Kier molecular flexibility index (Phi) is 5.29. The maximum absolute atomic E-state index is 13.8. The number of benzene rings is 1. The van der Waals surface area contributed by atoms with Crippen LogP contribution in [-0.2, 0) is 0 Å². The van der Waals surface area contributed by atoms with E-state index in [1.54, 1.807) is 0 Å². The van der Waals surface area contributed by atoms with Gasteiger partial charge in [-0.3, -0.25) is 4.79 Å². The monoisotopic (exact) mass is 361 g/mol. The second-order valence-electron chi connectivity index (χ2n) is 6.10. The number of rotatable bonds is 4. The molecule has 1 N–H and O–H groups in total. The van der Waals surface area contributed by atoms with Crippen LogP contribution in [0.3, 0.4) is 0 Å². The van der Waals surface area contributed by atoms with Crippen LogP contribution in [0.2, 0.25) is 0 Å². The molecule has 0 bridgehead atoms. The lowest BCUT2D eigenvalue weighted by Gasteiger charge is -2.35. The maximum atomic E-state index is 13.8. The molecule has 1 aliphatic rings. The average Bonchev–Trinajstić information content (AvgIpc) is 2.61. The van der Waals surface area contributed by atoms with E-state index >= 15 is 0 Å². The summed E-state index contributed by atoms with van der Waals surface area (Å²) in [6.07, 6.45) is 0. The summed E-state index contributed by atoms with van der Waals surface area (Å²) < 4.78 is 27.7. The highest BCUT2D eigenvalue weighted by Gasteiger charge is 2.27. The number of aryl methyl sites for hydroxylation is 1. The van der Waals surface area contributed by atoms with E-state index in [9.17, 15) is 13.6 Å². The molecule has 138 valence electrons. The van der Waals surface area contributed by atoms with Gasteiger partial charge in [-0.15, -0.1) is 0 Å². The summed E-state index contributed by atoms with van der Waals surface area (Å²) in [5, 5.41) is 3.16. The van der Waals surface area contributed by atoms with Crippen molar-refractivity contribution in [3.8, 4) is 0 Å². The van der Waals surface area contributed by atoms with E-state index in [2.05, 4.69) is 15.3 Å². The van der Waals surface area contributed by atoms with E-state index in [4.69, 9.17) is 0 Å². The number of carbonyl (C=O) groups is 1. The van der Waals surface area contributed by atoms with Crippen molar-refractivity contribution in [1.82, 2.24) is 14.9 Å². The molecule has 6 nitrogen and oxygen atoms in total. The second kappa shape index (κ2) is 7.63. The summed E-state index contributed by atoms with van der Waals surface area (Å²) in [7, 11) is 0. The molecular weight excluding hydrogens is 340 g/mol. The molecule has 1 fully saturated rings. The molecule has 2 aromatic rings. The fourth-order valence-corrected chi connectivity index (χ4v) is 2.94. The van der Waals surface area contributed by atoms with Gasteiger partial charge in [0.1, 0.15) is 23.0 Å². The first-order valence-corrected chi connectivity index (χ1v) is 8.57. The number of amides is 1. The predicted molar refractivity (Wildman–Crippen MR) is 95.4 cm³/mol. The van der Waals surface area contributed by atoms with Crippen LogP contribution in [0.25, 0.3) is 0 Å². The summed E-state index contributed by atoms with van der Waals surface area (Å²) in [5.74, 6) is -0.963. The van der Waals surface area contributed by atoms with Crippen molar-refractivity contribution >= 4 is 17.7 Å². The topological polar surface area (TPSA) is 61.4 Å². The zero-order valence-corrected chi connectivity index (χ0v) is 14.8. The average molecular weight is 361 g/mol. The molecule has 0 spiro atoms. The standard InChI is InChI=1S/C18H21F2N5O/c1-3-21-15-11-12(2)22-18(23-15)25-9-7-24(8-10-25)17(26)16-13(19)5-4-6-14(16)20/h4-6,11H,3,7-10H2,1-2H3,(H,21,22,23). The van der Waals surface area contributed by atoms with Crippen LogP contribution in [0.1, 0.15) is 23.0 Å². The zero-order chi connectivity index (χ0) is 18.7. The van der Waals surface area contributed by atoms with Crippen molar-refractivity contribution in [3.05, 3.63) is 47.2 Å². The minimum atomic E-state index is -0.838. The summed E-state index contributed by atoms with van der Waals surface area (Å²) in [6.45, 7) is 6.33. The van der Waals surface area contributed by atoms with Crippen molar-refractivity contribution in [2.75, 3.05) is 42.9 Å². The molecule has 8 heteroatoms. The highest BCUT2D eigenvalue weighted by atomic mass is 19.1. The fourth-order valence-electron chi connectivity index (χ4n) is 2.94. The first-order chi connectivity index (χ1) is 12.5. The van der Waals surface area contributed by atoms with Crippen LogP contribution in [-0.4, -0.2) is 53.5 Å². The lowest BCUT2D eigenvalue weighted by Crippen LogP contribution is -2.49. The third-order valence-electron chi connectivity index (χ3n) is 4.23. The molecule has 0 aliphatic carbocycles. The van der Waals surface area contributed by atoms with Crippen LogP contribution in [0.15, 0.2) is 24.3 Å². The molecule has 1 saturated heterocycles. The maximum Gasteiger partial charge on any atom is 0.259 e. The SMILES string of the molecule is CCNc1cc(C)nc(N2CCN(C(=O)c3c(F)cccc3F)CC2)n1. The van der Waals surface area contributed by atoms with Gasteiger partial charge in [0, 0.05) is 44.5 Å². The Morgan fingerprint density at radius 1 is 1.15 bits per heavy atom. The van der Waals surface area contributed by atoms with Gasteiger partial charge in [0.05, 0.1) is 0 Å². The van der Waals surface area contributed by atoms with E-state index in [1.165, 1.54) is 11.0 Å². The Balaban J connectivity index is 1.70. The van der Waals surface area contributed by atoms with Crippen LogP contribution >= 0.6 is 0 Å². The van der Waals surface area contributed by atoms with Gasteiger partial charge in [-0.2, -0.15) is 4.98 Å². The van der Waals surface area contributed by atoms with E-state index in [-0.39, 0.29) is 0 Å². The molecule has 0 saturated carbocycles. The number of halogens is 2. The third kappa shape index (κ3) is 3.74. The molecule has 3 rings (SSSR count). The number of hydrogen-bond donors (Lipinski definition) is 1. The smallest absolute Gasteiger partial charge is 0.259 e. The molecule has 0 atom stereocenters. The van der Waals surface area contributed by atoms with Crippen molar-refractivity contribution in [2.24, 2.45) is 0 Å². The summed E-state index contributed by atoms with van der Waals surface area (Å²) >= 11 is 0. The van der Waals surface area contributed by atoms with Crippen LogP contribution in [0, 0.1) is 18.6 Å². The minimum absolute atomic E-state index is 0.348. The molecule has 1 amide bonds. The Bertz CT molecular complexity index is 786. The number of nitrogens with one attached hydrogen (secondary N) is 1. The quantitative estimate of drug-likeness (QED) is 0.906. The number of carbonyl (C=O) groups excluding carboxylic acids is 1. The minimum Gasteiger partial charge on any atom is -0.370 e. The second-order valence-corrected chi connectivity index (χ2v) is 6.10. The molecule has 1 aromatic carbocycles. The molecule has 0 radical (unpaired) electrons. The molecule has 0 unspecified atom stereocenters. The van der Waals surface area contributed by atoms with Gasteiger partial charge in [-0.1, -0.05) is 6.07 Å². The number of piperazine rings is 1. The van der Waals surface area contributed by atoms with Gasteiger partial charge >= 0.3 is 0 Å². The van der Waals surface area contributed by atoms with Crippen LogP contribution < -0.4 is 10.2 Å². The number of nitrogens with zero attached hydrogens (tertiary/aromatic N) is 4. The first-order valence-electron chi connectivity index (χ1n) is 8.57. The Morgan fingerprint density at radius 2 is 1.81 bits per heavy atom. The summed E-state index contributed by atoms with van der Waals surface area (Å²) in [6, 6.07) is 5.30. The number of aromatic nitrogens is 2. The van der Waals surface area contributed by atoms with Gasteiger partial charge < -0.3 is 15.1 Å². The van der Waals surface area contributed by atoms with E-state index in [0.29, 0.717) is 32.1 Å². The predicted octanol–water partition coefficient (Wildman–Crippen LogP) is 2.46. The lowest BCUT2D eigenvalue weighted by atomic mass is 10.1.